The smallest absolute Gasteiger partial charge is 0.254 e. The molecule has 0 spiro atoms. The van der Waals surface area contributed by atoms with Crippen molar-refractivity contribution in [2.45, 2.75) is 26.8 Å². The van der Waals surface area contributed by atoms with Gasteiger partial charge in [0.15, 0.2) is 0 Å². The number of hydrogen-bond acceptors (Lipinski definition) is 2. The summed E-state index contributed by atoms with van der Waals surface area (Å²) >= 11 is 0. The average Bonchev–Trinajstić information content (AvgIpc) is 2.35. The minimum absolute atomic E-state index is 0.0268. The summed E-state index contributed by atoms with van der Waals surface area (Å²) in [5.41, 5.74) is 7.84. The second kappa shape index (κ2) is 6.23. The molecular formula is C15H20N2O. The summed E-state index contributed by atoms with van der Waals surface area (Å²) in [5, 5.41) is 0. The van der Waals surface area contributed by atoms with Crippen molar-refractivity contribution in [1.29, 1.82) is 0 Å². The van der Waals surface area contributed by atoms with Crippen LogP contribution in [-0.2, 0) is 0 Å². The zero-order chi connectivity index (χ0) is 13.7. The Bertz CT molecular complexity index is 495. The highest BCUT2D eigenvalue weighted by molar-refractivity contribution is 5.96. The normalized spacial score (nSPS) is 9.89. The molecule has 18 heavy (non-hydrogen) atoms. The number of benzene rings is 1. The summed E-state index contributed by atoms with van der Waals surface area (Å²) in [6, 6.07) is 5.78. The molecule has 0 aromatic heterocycles. The number of hydrogen-bond donors (Lipinski definition) is 1. The Morgan fingerprint density at radius 3 is 2.67 bits per heavy atom. The monoisotopic (exact) mass is 244 g/mol. The lowest BCUT2D eigenvalue weighted by atomic mass is 10.0. The van der Waals surface area contributed by atoms with Crippen molar-refractivity contribution in [2.75, 3.05) is 13.6 Å². The number of nitrogens with zero attached hydrogens (tertiary/aromatic N) is 1. The van der Waals surface area contributed by atoms with Gasteiger partial charge < -0.3 is 10.6 Å². The highest BCUT2D eigenvalue weighted by atomic mass is 16.2. The number of rotatable bonds is 2. The topological polar surface area (TPSA) is 46.3 Å². The Balaban J connectivity index is 3.15. The van der Waals surface area contributed by atoms with Crippen molar-refractivity contribution in [2.24, 2.45) is 5.73 Å². The molecule has 1 rings (SSSR count). The molecule has 0 fully saturated rings. The molecule has 0 saturated heterocycles. The van der Waals surface area contributed by atoms with Gasteiger partial charge in [0.1, 0.15) is 0 Å². The van der Waals surface area contributed by atoms with Gasteiger partial charge in [-0.1, -0.05) is 17.9 Å². The molecule has 0 saturated carbocycles. The average molecular weight is 244 g/mol. The molecule has 0 atom stereocenters. The molecule has 0 bridgehead atoms. The summed E-state index contributed by atoms with van der Waals surface area (Å²) in [4.78, 5) is 14.0. The van der Waals surface area contributed by atoms with E-state index in [0.717, 1.165) is 11.1 Å². The van der Waals surface area contributed by atoms with Gasteiger partial charge in [0, 0.05) is 24.2 Å². The van der Waals surface area contributed by atoms with E-state index in [4.69, 9.17) is 5.73 Å². The van der Waals surface area contributed by atoms with Gasteiger partial charge in [-0.25, -0.2) is 0 Å². The molecule has 3 nitrogen and oxygen atoms in total. The molecular weight excluding hydrogens is 224 g/mol. The maximum atomic E-state index is 12.3. The van der Waals surface area contributed by atoms with Crippen LogP contribution in [0.3, 0.4) is 0 Å². The van der Waals surface area contributed by atoms with Crippen molar-refractivity contribution >= 4 is 5.91 Å². The number of carbonyl (C=O) groups is 1. The molecule has 96 valence electrons. The number of nitrogens with two attached hydrogens (primary N) is 1. The molecule has 0 heterocycles. The van der Waals surface area contributed by atoms with E-state index in [1.165, 1.54) is 0 Å². The molecule has 2 N–H and O–H groups in total. The van der Waals surface area contributed by atoms with Crippen molar-refractivity contribution in [3.05, 3.63) is 34.9 Å². The summed E-state index contributed by atoms with van der Waals surface area (Å²) in [7, 11) is 1.81. The molecule has 0 aliphatic carbocycles. The zero-order valence-corrected chi connectivity index (χ0v) is 11.4. The van der Waals surface area contributed by atoms with Crippen LogP contribution in [0.2, 0.25) is 0 Å². The van der Waals surface area contributed by atoms with Gasteiger partial charge >= 0.3 is 0 Å². The third kappa shape index (κ3) is 3.12. The van der Waals surface area contributed by atoms with Gasteiger partial charge in [0.25, 0.3) is 5.91 Å². The quantitative estimate of drug-likeness (QED) is 0.806. The van der Waals surface area contributed by atoms with Crippen molar-refractivity contribution in [3.8, 4) is 11.8 Å². The van der Waals surface area contributed by atoms with E-state index in [2.05, 4.69) is 11.8 Å². The van der Waals surface area contributed by atoms with Crippen LogP contribution in [0.15, 0.2) is 18.2 Å². The lowest BCUT2D eigenvalue weighted by Crippen LogP contribution is -2.33. The van der Waals surface area contributed by atoms with E-state index >= 15 is 0 Å². The van der Waals surface area contributed by atoms with Gasteiger partial charge in [0.2, 0.25) is 0 Å². The van der Waals surface area contributed by atoms with Gasteiger partial charge in [0.05, 0.1) is 6.54 Å². The Morgan fingerprint density at radius 2 is 2.11 bits per heavy atom. The Kier molecular flexibility index (Phi) is 4.94. The van der Waals surface area contributed by atoms with Gasteiger partial charge in [-0.15, -0.1) is 0 Å². The standard InChI is InChI=1S/C15H20N2O/c1-11(2)17(4)15(18)14-9-5-7-13(12(14)3)8-6-10-16/h5,7,9,11H,10,16H2,1-4H3. The van der Waals surface area contributed by atoms with Crippen molar-refractivity contribution < 1.29 is 4.79 Å². The third-order valence-electron chi connectivity index (χ3n) is 2.98. The first-order chi connectivity index (χ1) is 8.49. The minimum Gasteiger partial charge on any atom is -0.339 e. The van der Waals surface area contributed by atoms with Crippen LogP contribution in [0.4, 0.5) is 0 Å². The van der Waals surface area contributed by atoms with Gasteiger partial charge in [-0.2, -0.15) is 0 Å². The Hall–Kier alpha value is -1.79. The Labute approximate surface area is 109 Å². The van der Waals surface area contributed by atoms with E-state index in [9.17, 15) is 4.79 Å². The molecule has 0 unspecified atom stereocenters. The minimum atomic E-state index is 0.0268. The molecule has 1 aromatic carbocycles. The fourth-order valence-electron chi connectivity index (χ4n) is 1.57. The SMILES string of the molecule is Cc1c(C#CCN)cccc1C(=O)N(C)C(C)C. The van der Waals surface area contributed by atoms with Crippen LogP contribution < -0.4 is 5.73 Å². The van der Waals surface area contributed by atoms with E-state index < -0.39 is 0 Å². The van der Waals surface area contributed by atoms with Crippen LogP contribution >= 0.6 is 0 Å². The van der Waals surface area contributed by atoms with E-state index in [1.54, 1.807) is 4.90 Å². The van der Waals surface area contributed by atoms with Crippen molar-refractivity contribution in [1.82, 2.24) is 4.90 Å². The lowest BCUT2D eigenvalue weighted by molar-refractivity contribution is 0.0754. The largest absolute Gasteiger partial charge is 0.339 e. The predicted molar refractivity (Wildman–Crippen MR) is 74.3 cm³/mol. The van der Waals surface area contributed by atoms with Crippen LogP contribution in [-0.4, -0.2) is 30.4 Å². The van der Waals surface area contributed by atoms with Crippen LogP contribution in [0.1, 0.15) is 35.3 Å². The fraction of sp³-hybridized carbons (Fsp3) is 0.400. The molecule has 0 aliphatic rings. The first kappa shape index (κ1) is 14.3. The molecule has 1 amide bonds. The Morgan fingerprint density at radius 1 is 1.44 bits per heavy atom. The summed E-state index contributed by atoms with van der Waals surface area (Å²) in [5.74, 6) is 5.83. The maximum absolute atomic E-state index is 12.3. The molecule has 1 aromatic rings. The number of amides is 1. The van der Waals surface area contributed by atoms with Gasteiger partial charge in [-0.05, 0) is 38.5 Å². The van der Waals surface area contributed by atoms with Gasteiger partial charge in [-0.3, -0.25) is 4.79 Å². The highest BCUT2D eigenvalue weighted by Gasteiger charge is 2.17. The second-order valence-corrected chi connectivity index (χ2v) is 4.49. The van der Waals surface area contributed by atoms with Crippen molar-refractivity contribution in [3.63, 3.8) is 0 Å². The van der Waals surface area contributed by atoms with E-state index in [-0.39, 0.29) is 11.9 Å². The fourth-order valence-corrected chi connectivity index (χ4v) is 1.57. The zero-order valence-electron chi connectivity index (χ0n) is 11.4. The molecule has 0 aliphatic heterocycles. The third-order valence-corrected chi connectivity index (χ3v) is 2.98. The lowest BCUT2D eigenvalue weighted by Gasteiger charge is -2.22. The van der Waals surface area contributed by atoms with E-state index in [1.807, 2.05) is 46.0 Å². The highest BCUT2D eigenvalue weighted by Crippen LogP contribution is 2.15. The van der Waals surface area contributed by atoms with E-state index in [0.29, 0.717) is 12.1 Å². The summed E-state index contributed by atoms with van der Waals surface area (Å²) < 4.78 is 0. The first-order valence-corrected chi connectivity index (χ1v) is 6.04. The summed E-state index contributed by atoms with van der Waals surface area (Å²) in [6.07, 6.45) is 0. The predicted octanol–water partition coefficient (Wildman–Crippen LogP) is 1.79. The van der Waals surface area contributed by atoms with Crippen LogP contribution in [0.25, 0.3) is 0 Å². The van der Waals surface area contributed by atoms with Crippen LogP contribution in [0, 0.1) is 18.8 Å². The molecule has 0 radical (unpaired) electrons. The second-order valence-electron chi connectivity index (χ2n) is 4.49. The first-order valence-electron chi connectivity index (χ1n) is 6.04. The molecule has 3 heteroatoms. The van der Waals surface area contributed by atoms with Crippen LogP contribution in [0.5, 0.6) is 0 Å². The summed E-state index contributed by atoms with van der Waals surface area (Å²) in [6.45, 7) is 6.22. The number of carbonyl (C=O) groups excluding carboxylic acids is 1. The maximum Gasteiger partial charge on any atom is 0.254 e.